The van der Waals surface area contributed by atoms with Crippen LogP contribution in [-0.2, 0) is 0 Å². The van der Waals surface area contributed by atoms with E-state index in [-0.39, 0.29) is 22.8 Å². The van der Waals surface area contributed by atoms with E-state index < -0.39 is 4.92 Å². The zero-order chi connectivity index (χ0) is 21.1. The number of ketones is 1. The Labute approximate surface area is 175 Å². The van der Waals surface area contributed by atoms with E-state index in [1.165, 1.54) is 28.8 Å². The number of hydrogen-bond donors (Lipinski definition) is 0. The number of hydrogen-bond acceptors (Lipinski definition) is 6. The van der Waals surface area contributed by atoms with Gasteiger partial charge in [0.15, 0.2) is 10.9 Å². The van der Waals surface area contributed by atoms with E-state index >= 15 is 0 Å². The Kier molecular flexibility index (Phi) is 5.40. The van der Waals surface area contributed by atoms with Gasteiger partial charge in [0.1, 0.15) is 0 Å². The molecular formula is C22H15N3O4S. The van der Waals surface area contributed by atoms with Gasteiger partial charge in [0, 0.05) is 17.7 Å². The summed E-state index contributed by atoms with van der Waals surface area (Å²) in [6.07, 6.45) is 0. The Morgan fingerprint density at radius 1 is 0.967 bits per heavy atom. The summed E-state index contributed by atoms with van der Waals surface area (Å²) < 4.78 is 1.50. The molecule has 0 aliphatic carbocycles. The Morgan fingerprint density at radius 2 is 1.63 bits per heavy atom. The number of nitro benzene ring substituents is 1. The quantitative estimate of drug-likeness (QED) is 0.153. The van der Waals surface area contributed by atoms with E-state index in [1.54, 1.807) is 36.4 Å². The number of rotatable bonds is 6. The number of carbonyl (C=O) groups excluding carboxylic acids is 1. The van der Waals surface area contributed by atoms with Crippen molar-refractivity contribution in [2.45, 2.75) is 5.16 Å². The van der Waals surface area contributed by atoms with Crippen LogP contribution in [0.15, 0.2) is 88.8 Å². The van der Waals surface area contributed by atoms with Crippen molar-refractivity contribution in [3.05, 3.63) is 105 Å². The van der Waals surface area contributed by atoms with Crippen LogP contribution in [0, 0.1) is 10.1 Å². The average molecular weight is 417 g/mol. The largest absolute Gasteiger partial charge is 0.293 e. The lowest BCUT2D eigenvalue weighted by Gasteiger charge is -2.13. The van der Waals surface area contributed by atoms with Crippen molar-refractivity contribution in [2.24, 2.45) is 0 Å². The molecule has 1 heterocycles. The van der Waals surface area contributed by atoms with Crippen LogP contribution in [0.4, 0.5) is 5.69 Å². The summed E-state index contributed by atoms with van der Waals surface area (Å²) in [5.74, 6) is -0.174. The van der Waals surface area contributed by atoms with Crippen LogP contribution in [0.5, 0.6) is 0 Å². The molecule has 0 aliphatic rings. The van der Waals surface area contributed by atoms with E-state index in [2.05, 4.69) is 4.98 Å². The minimum Gasteiger partial charge on any atom is -0.293 e. The molecule has 0 unspecified atom stereocenters. The zero-order valence-corrected chi connectivity index (χ0v) is 16.4. The molecule has 30 heavy (non-hydrogen) atoms. The maximum Gasteiger partial charge on any atom is 0.269 e. The lowest BCUT2D eigenvalue weighted by Crippen LogP contribution is -2.22. The second kappa shape index (κ2) is 8.30. The summed E-state index contributed by atoms with van der Waals surface area (Å²) in [7, 11) is 0. The van der Waals surface area contributed by atoms with Gasteiger partial charge in [-0.2, -0.15) is 0 Å². The van der Waals surface area contributed by atoms with Gasteiger partial charge in [0.2, 0.25) is 0 Å². The number of nitrogens with zero attached hydrogens (tertiary/aromatic N) is 3. The van der Waals surface area contributed by atoms with Crippen molar-refractivity contribution in [1.82, 2.24) is 9.55 Å². The number of thioether (sulfide) groups is 1. The molecule has 0 bridgehead atoms. The molecule has 3 aromatic carbocycles. The third kappa shape index (κ3) is 3.85. The Bertz CT molecular complexity index is 1300. The molecule has 0 atom stereocenters. The maximum absolute atomic E-state index is 13.1. The smallest absolute Gasteiger partial charge is 0.269 e. The molecule has 1 aromatic heterocycles. The number of aromatic nitrogens is 2. The Morgan fingerprint density at radius 3 is 2.33 bits per heavy atom. The average Bonchev–Trinajstić information content (AvgIpc) is 2.78. The van der Waals surface area contributed by atoms with Crippen molar-refractivity contribution < 1.29 is 9.72 Å². The molecule has 0 N–H and O–H groups in total. The standard InChI is InChI=1S/C22H15N3O4S/c26-20(15-10-12-17(13-11-15)25(28)29)14-30-22-23-19-9-5-4-8-18(19)21(27)24(22)16-6-2-1-3-7-16/h1-13H,14H2. The molecule has 0 saturated carbocycles. The summed E-state index contributed by atoms with van der Waals surface area (Å²) in [6, 6.07) is 21.6. The molecule has 0 amide bonds. The van der Waals surface area contributed by atoms with Gasteiger partial charge in [-0.25, -0.2) is 4.98 Å². The topological polar surface area (TPSA) is 95.1 Å². The molecule has 4 rings (SSSR count). The molecule has 0 radical (unpaired) electrons. The first-order chi connectivity index (χ1) is 14.5. The van der Waals surface area contributed by atoms with Gasteiger partial charge >= 0.3 is 0 Å². The van der Waals surface area contributed by atoms with E-state index in [0.717, 1.165) is 11.8 Å². The normalized spacial score (nSPS) is 10.8. The van der Waals surface area contributed by atoms with Gasteiger partial charge in [0.25, 0.3) is 11.2 Å². The number of fused-ring (bicyclic) bond motifs is 1. The van der Waals surface area contributed by atoms with E-state index in [9.17, 15) is 19.7 Å². The predicted octanol–water partition coefficient (Wildman–Crippen LogP) is 4.27. The highest BCUT2D eigenvalue weighted by Gasteiger charge is 2.16. The van der Waals surface area contributed by atoms with Crippen molar-refractivity contribution >= 4 is 34.1 Å². The number of carbonyl (C=O) groups is 1. The second-order valence-corrected chi connectivity index (χ2v) is 7.35. The fourth-order valence-corrected chi connectivity index (χ4v) is 3.90. The summed E-state index contributed by atoms with van der Waals surface area (Å²) in [4.78, 5) is 40.6. The predicted molar refractivity (Wildman–Crippen MR) is 115 cm³/mol. The summed E-state index contributed by atoms with van der Waals surface area (Å²) in [6.45, 7) is 0. The van der Waals surface area contributed by atoms with Crippen LogP contribution >= 0.6 is 11.8 Å². The van der Waals surface area contributed by atoms with E-state index in [4.69, 9.17) is 0 Å². The molecule has 0 saturated heterocycles. The highest BCUT2D eigenvalue weighted by atomic mass is 32.2. The highest BCUT2D eigenvalue weighted by Crippen LogP contribution is 2.23. The first kappa shape index (κ1) is 19.5. The zero-order valence-electron chi connectivity index (χ0n) is 15.6. The van der Waals surface area contributed by atoms with Crippen LogP contribution in [0.25, 0.3) is 16.6 Å². The van der Waals surface area contributed by atoms with Gasteiger partial charge in [-0.3, -0.25) is 24.3 Å². The molecule has 0 fully saturated rings. The van der Waals surface area contributed by atoms with Crippen LogP contribution in [0.2, 0.25) is 0 Å². The second-order valence-electron chi connectivity index (χ2n) is 6.40. The molecule has 7 nitrogen and oxygen atoms in total. The van der Waals surface area contributed by atoms with Crippen molar-refractivity contribution in [1.29, 1.82) is 0 Å². The first-order valence-corrected chi connectivity index (χ1v) is 10.0. The maximum atomic E-state index is 13.1. The number of non-ortho nitro benzene ring substituents is 1. The summed E-state index contributed by atoms with van der Waals surface area (Å²) in [5.41, 5.74) is 1.29. The third-order valence-electron chi connectivity index (χ3n) is 4.49. The van der Waals surface area contributed by atoms with Crippen LogP contribution in [0.3, 0.4) is 0 Å². The molecule has 4 aromatic rings. The lowest BCUT2D eigenvalue weighted by atomic mass is 10.1. The molecule has 148 valence electrons. The van der Waals surface area contributed by atoms with Crippen LogP contribution < -0.4 is 5.56 Å². The minimum atomic E-state index is -0.513. The molecular weight excluding hydrogens is 402 g/mol. The van der Waals surface area contributed by atoms with Gasteiger partial charge in [-0.05, 0) is 36.4 Å². The van der Waals surface area contributed by atoms with Gasteiger partial charge < -0.3 is 0 Å². The number of para-hydroxylation sites is 2. The SMILES string of the molecule is O=C(CSc1nc2ccccc2c(=O)n1-c1ccccc1)c1ccc([N+](=O)[O-])cc1. The Hall–Kier alpha value is -3.78. The minimum absolute atomic E-state index is 0.0371. The fourth-order valence-electron chi connectivity index (χ4n) is 3.00. The van der Waals surface area contributed by atoms with E-state index in [1.807, 2.05) is 18.2 Å². The fraction of sp³-hybridized carbons (Fsp3) is 0.0455. The van der Waals surface area contributed by atoms with Crippen molar-refractivity contribution in [3.8, 4) is 5.69 Å². The summed E-state index contributed by atoms with van der Waals surface area (Å²) >= 11 is 1.15. The van der Waals surface area contributed by atoms with Crippen LogP contribution in [-0.4, -0.2) is 26.0 Å². The van der Waals surface area contributed by atoms with Gasteiger partial charge in [0.05, 0.1) is 27.3 Å². The highest BCUT2D eigenvalue weighted by molar-refractivity contribution is 7.99. The number of nitro groups is 1. The molecule has 0 spiro atoms. The Balaban J connectivity index is 1.69. The van der Waals surface area contributed by atoms with Gasteiger partial charge in [-0.1, -0.05) is 42.1 Å². The molecule has 8 heteroatoms. The van der Waals surface area contributed by atoms with Crippen molar-refractivity contribution in [2.75, 3.05) is 5.75 Å². The summed E-state index contributed by atoms with van der Waals surface area (Å²) in [5, 5.41) is 11.7. The third-order valence-corrected chi connectivity index (χ3v) is 5.43. The van der Waals surface area contributed by atoms with Crippen LogP contribution in [0.1, 0.15) is 10.4 Å². The number of benzene rings is 3. The van der Waals surface area contributed by atoms with E-state index in [0.29, 0.717) is 27.3 Å². The number of Topliss-reactive ketones (excluding diaryl/α,β-unsaturated/α-hetero) is 1. The lowest BCUT2D eigenvalue weighted by molar-refractivity contribution is -0.384. The molecule has 0 aliphatic heterocycles. The van der Waals surface area contributed by atoms with Crippen molar-refractivity contribution in [3.63, 3.8) is 0 Å². The monoisotopic (exact) mass is 417 g/mol. The first-order valence-electron chi connectivity index (χ1n) is 9.02. The van der Waals surface area contributed by atoms with Gasteiger partial charge in [-0.15, -0.1) is 0 Å².